The van der Waals surface area contributed by atoms with Gasteiger partial charge in [-0.05, 0) is 43.5 Å². The first-order valence-electron chi connectivity index (χ1n) is 10.2. The maximum Gasteiger partial charge on any atom is 0.138 e. The van der Waals surface area contributed by atoms with Crippen LogP contribution < -0.4 is 10.6 Å². The summed E-state index contributed by atoms with van der Waals surface area (Å²) in [6.07, 6.45) is 10.1. The number of hydrogen-bond donors (Lipinski definition) is 1. The zero-order chi connectivity index (χ0) is 20.1. The minimum Gasteiger partial charge on any atom is -0.355 e. The minimum absolute atomic E-state index is 0.0623. The summed E-state index contributed by atoms with van der Waals surface area (Å²) in [5.41, 5.74) is 8.55. The van der Waals surface area contributed by atoms with Crippen molar-refractivity contribution in [3.8, 4) is 0 Å². The summed E-state index contributed by atoms with van der Waals surface area (Å²) < 4.78 is 2.20. The van der Waals surface area contributed by atoms with E-state index in [0.29, 0.717) is 0 Å². The molecule has 6 heteroatoms. The lowest BCUT2D eigenvalue weighted by atomic mass is 9.85. The second kappa shape index (κ2) is 8.88. The number of pyridine rings is 1. The lowest BCUT2D eigenvalue weighted by molar-refractivity contribution is 0.312. The Hall–Kier alpha value is -2.18. The summed E-state index contributed by atoms with van der Waals surface area (Å²) in [7, 11) is 3.96. The van der Waals surface area contributed by atoms with Crippen LogP contribution in [0.2, 0.25) is 0 Å². The van der Waals surface area contributed by atoms with Crippen molar-refractivity contribution in [3.05, 3.63) is 42.2 Å². The fourth-order valence-corrected chi connectivity index (χ4v) is 3.64. The number of rotatable bonds is 7. The normalized spacial score (nSPS) is 18.0. The van der Waals surface area contributed by atoms with Crippen LogP contribution in [0.3, 0.4) is 0 Å². The summed E-state index contributed by atoms with van der Waals surface area (Å²) in [5.74, 6) is 1.21. The molecule has 0 amide bonds. The van der Waals surface area contributed by atoms with E-state index in [1.807, 2.05) is 12.3 Å². The summed E-state index contributed by atoms with van der Waals surface area (Å²) in [5, 5.41) is 0. The van der Waals surface area contributed by atoms with E-state index < -0.39 is 0 Å². The quantitative estimate of drug-likeness (QED) is 0.747. The smallest absolute Gasteiger partial charge is 0.138 e. The lowest BCUT2D eigenvalue weighted by Crippen LogP contribution is -2.45. The molecule has 0 bridgehead atoms. The Morgan fingerprint density at radius 3 is 2.71 bits per heavy atom. The number of aliphatic imine (C=N–C) groups is 1. The van der Waals surface area contributed by atoms with Crippen molar-refractivity contribution >= 4 is 17.7 Å². The zero-order valence-corrected chi connectivity index (χ0v) is 17.7. The molecule has 3 heterocycles. The number of allylic oxidation sites excluding steroid dienone is 2. The number of nitrogens with zero attached hydrogens (tertiary/aromatic N) is 5. The van der Waals surface area contributed by atoms with Crippen molar-refractivity contribution < 1.29 is 0 Å². The van der Waals surface area contributed by atoms with Crippen LogP contribution in [0.5, 0.6) is 0 Å². The summed E-state index contributed by atoms with van der Waals surface area (Å²) in [6.45, 7) is 8.71. The molecule has 2 N–H and O–H groups in total. The van der Waals surface area contributed by atoms with Crippen molar-refractivity contribution in [2.24, 2.45) is 16.1 Å². The highest BCUT2D eigenvalue weighted by atomic mass is 15.3. The van der Waals surface area contributed by atoms with Crippen LogP contribution in [0.25, 0.3) is 5.65 Å². The highest BCUT2D eigenvalue weighted by Crippen LogP contribution is 2.29. The molecule has 0 aliphatic carbocycles. The Balaban J connectivity index is 1.72. The second-order valence-electron chi connectivity index (χ2n) is 8.47. The van der Waals surface area contributed by atoms with Gasteiger partial charge in [0.2, 0.25) is 0 Å². The van der Waals surface area contributed by atoms with Crippen LogP contribution in [0.15, 0.2) is 41.5 Å². The Morgan fingerprint density at radius 1 is 1.25 bits per heavy atom. The van der Waals surface area contributed by atoms with Gasteiger partial charge in [0.25, 0.3) is 0 Å². The average molecular weight is 383 g/mol. The lowest BCUT2D eigenvalue weighted by Gasteiger charge is -2.34. The monoisotopic (exact) mass is 382 g/mol. The molecule has 0 unspecified atom stereocenters. The standard InChI is InChI=1S/C22H34N6/c1-22(2,10-6-12-24-3)11-9-18(23)19-17-28-20(25-19)7-5-8-21(28)27-15-13-26(4)14-16-27/h5-8,10,12,17-18H,9,11,13-16,23H2,1-4H3/b10-6-,24-12-/t18-/m0/s1. The van der Waals surface area contributed by atoms with E-state index in [-0.39, 0.29) is 11.5 Å². The Kier molecular flexibility index (Phi) is 6.52. The van der Waals surface area contributed by atoms with E-state index in [4.69, 9.17) is 10.7 Å². The van der Waals surface area contributed by atoms with Gasteiger partial charge in [0, 0.05) is 51.7 Å². The van der Waals surface area contributed by atoms with Gasteiger partial charge in [0.05, 0.1) is 5.69 Å². The first-order valence-corrected chi connectivity index (χ1v) is 10.2. The number of aromatic nitrogens is 2. The van der Waals surface area contributed by atoms with Crippen molar-refractivity contribution in [2.75, 3.05) is 45.2 Å². The predicted octanol–water partition coefficient (Wildman–Crippen LogP) is 3.15. The number of imidazole rings is 1. The number of fused-ring (bicyclic) bond motifs is 1. The molecule has 3 rings (SSSR count). The predicted molar refractivity (Wildman–Crippen MR) is 118 cm³/mol. The minimum atomic E-state index is -0.0623. The molecule has 0 saturated carbocycles. The topological polar surface area (TPSA) is 62.2 Å². The molecule has 0 spiro atoms. The number of piperazine rings is 1. The Labute approximate surface area is 168 Å². The molecule has 1 fully saturated rings. The molecule has 1 aliphatic rings. The maximum atomic E-state index is 6.52. The molecule has 28 heavy (non-hydrogen) atoms. The first-order chi connectivity index (χ1) is 13.4. The largest absolute Gasteiger partial charge is 0.355 e. The second-order valence-corrected chi connectivity index (χ2v) is 8.47. The first kappa shape index (κ1) is 20.6. The molecule has 6 nitrogen and oxygen atoms in total. The van der Waals surface area contributed by atoms with Gasteiger partial charge in [-0.3, -0.25) is 9.39 Å². The van der Waals surface area contributed by atoms with Crippen LogP contribution in [-0.4, -0.2) is 60.8 Å². The van der Waals surface area contributed by atoms with Crippen LogP contribution in [0.1, 0.15) is 38.4 Å². The fraction of sp³-hybridized carbons (Fsp3) is 0.545. The summed E-state index contributed by atoms with van der Waals surface area (Å²) in [6, 6.07) is 6.27. The average Bonchev–Trinajstić information content (AvgIpc) is 3.11. The molecule has 0 radical (unpaired) electrons. The van der Waals surface area contributed by atoms with Crippen molar-refractivity contribution in [2.45, 2.75) is 32.7 Å². The van der Waals surface area contributed by atoms with E-state index in [9.17, 15) is 0 Å². The van der Waals surface area contributed by atoms with Gasteiger partial charge in [-0.25, -0.2) is 4.98 Å². The Morgan fingerprint density at radius 2 is 2.00 bits per heavy atom. The molecule has 2 aromatic heterocycles. The van der Waals surface area contributed by atoms with E-state index in [2.05, 4.69) is 70.6 Å². The van der Waals surface area contributed by atoms with Gasteiger partial charge in [0.15, 0.2) is 0 Å². The molecule has 152 valence electrons. The molecule has 1 saturated heterocycles. The van der Waals surface area contributed by atoms with Crippen molar-refractivity contribution in [1.82, 2.24) is 14.3 Å². The number of likely N-dealkylation sites (N-methyl/N-ethyl adjacent to an activating group) is 1. The van der Waals surface area contributed by atoms with Crippen molar-refractivity contribution in [1.29, 1.82) is 0 Å². The highest BCUT2D eigenvalue weighted by Gasteiger charge is 2.20. The number of anilines is 1. The van der Waals surface area contributed by atoms with Crippen LogP contribution in [0, 0.1) is 5.41 Å². The van der Waals surface area contributed by atoms with Gasteiger partial charge in [0.1, 0.15) is 11.5 Å². The number of hydrogen-bond acceptors (Lipinski definition) is 5. The van der Waals surface area contributed by atoms with E-state index >= 15 is 0 Å². The van der Waals surface area contributed by atoms with Gasteiger partial charge in [-0.15, -0.1) is 0 Å². The molecule has 1 aliphatic heterocycles. The number of nitrogens with two attached hydrogens (primary N) is 1. The van der Waals surface area contributed by atoms with Gasteiger partial charge >= 0.3 is 0 Å². The van der Waals surface area contributed by atoms with Gasteiger partial charge < -0.3 is 15.5 Å². The molecular weight excluding hydrogens is 348 g/mol. The Bertz CT molecular complexity index is 827. The summed E-state index contributed by atoms with van der Waals surface area (Å²) in [4.78, 5) is 13.6. The molecule has 1 atom stereocenters. The van der Waals surface area contributed by atoms with Crippen LogP contribution >= 0.6 is 0 Å². The van der Waals surface area contributed by atoms with E-state index in [0.717, 1.165) is 50.4 Å². The zero-order valence-electron chi connectivity index (χ0n) is 17.7. The summed E-state index contributed by atoms with van der Waals surface area (Å²) >= 11 is 0. The molecule has 2 aromatic rings. The third-order valence-corrected chi connectivity index (χ3v) is 5.58. The van der Waals surface area contributed by atoms with Crippen molar-refractivity contribution in [3.63, 3.8) is 0 Å². The highest BCUT2D eigenvalue weighted by molar-refractivity contribution is 5.70. The van der Waals surface area contributed by atoms with Gasteiger partial charge in [-0.2, -0.15) is 0 Å². The SMILES string of the molecule is C/N=C\C=C/C(C)(C)CC[C@H](N)c1cn2c(N3CCN(C)CC3)cccc2n1. The molecular formula is C22H34N6. The van der Waals surface area contributed by atoms with Gasteiger partial charge in [-0.1, -0.05) is 26.0 Å². The van der Waals surface area contributed by atoms with E-state index in [1.54, 1.807) is 7.05 Å². The molecule has 0 aromatic carbocycles. The van der Waals surface area contributed by atoms with E-state index in [1.165, 1.54) is 5.82 Å². The fourth-order valence-electron chi connectivity index (χ4n) is 3.64. The third kappa shape index (κ3) is 5.00. The maximum absolute atomic E-state index is 6.52. The van der Waals surface area contributed by atoms with Crippen LogP contribution in [-0.2, 0) is 0 Å². The third-order valence-electron chi connectivity index (χ3n) is 5.58. The van der Waals surface area contributed by atoms with Crippen LogP contribution in [0.4, 0.5) is 5.82 Å².